The van der Waals surface area contributed by atoms with E-state index in [1.807, 2.05) is 36.4 Å². The summed E-state index contributed by atoms with van der Waals surface area (Å²) in [6.45, 7) is 0. The monoisotopic (exact) mass is 347 g/mol. The summed E-state index contributed by atoms with van der Waals surface area (Å²) in [5.74, 6) is 0.284. The Hall–Kier alpha value is -3.60. The molecule has 0 bridgehead atoms. The molecule has 0 saturated heterocycles. The highest BCUT2D eigenvalue weighted by Gasteiger charge is 2.13. The van der Waals surface area contributed by atoms with Crippen molar-refractivity contribution in [3.63, 3.8) is 0 Å². The first-order chi connectivity index (χ1) is 12.6. The van der Waals surface area contributed by atoms with Gasteiger partial charge in [0.05, 0.1) is 5.56 Å². The lowest BCUT2D eigenvalue weighted by Gasteiger charge is -2.16. The number of esters is 1. The molecule has 0 aromatic heterocycles. The standard InChI is InChI=1S/C21H17NO4/c1-22(17-10-6-3-7-11-17)21(24)26-19-14-12-18(13-15-19)25-20(23)16-8-4-2-5-9-16/h2-15H,1H3. The van der Waals surface area contributed by atoms with Crippen LogP contribution in [0.5, 0.6) is 11.5 Å². The average Bonchev–Trinajstić information content (AvgIpc) is 2.70. The summed E-state index contributed by atoms with van der Waals surface area (Å²) >= 11 is 0. The van der Waals surface area contributed by atoms with E-state index < -0.39 is 12.1 Å². The Balaban J connectivity index is 1.61. The minimum atomic E-state index is -0.509. The van der Waals surface area contributed by atoms with Gasteiger partial charge in [-0.3, -0.25) is 4.90 Å². The fourth-order valence-electron chi connectivity index (χ4n) is 2.24. The first kappa shape index (κ1) is 17.2. The minimum absolute atomic E-state index is 0.359. The normalized spacial score (nSPS) is 10.0. The molecular formula is C21H17NO4. The highest BCUT2D eigenvalue weighted by atomic mass is 16.6. The van der Waals surface area contributed by atoms with Gasteiger partial charge in [-0.05, 0) is 48.5 Å². The molecule has 3 aromatic carbocycles. The molecule has 0 atom stereocenters. The van der Waals surface area contributed by atoms with Crippen LogP contribution >= 0.6 is 0 Å². The molecule has 0 spiro atoms. The first-order valence-electron chi connectivity index (χ1n) is 8.01. The molecule has 5 nitrogen and oxygen atoms in total. The zero-order valence-electron chi connectivity index (χ0n) is 14.2. The van der Waals surface area contributed by atoms with Gasteiger partial charge in [-0.1, -0.05) is 36.4 Å². The van der Waals surface area contributed by atoms with E-state index in [-0.39, 0.29) is 0 Å². The molecule has 5 heteroatoms. The largest absolute Gasteiger partial charge is 0.423 e. The van der Waals surface area contributed by atoms with Crippen molar-refractivity contribution in [2.45, 2.75) is 0 Å². The summed E-state index contributed by atoms with van der Waals surface area (Å²) in [7, 11) is 1.63. The zero-order chi connectivity index (χ0) is 18.4. The highest BCUT2D eigenvalue weighted by molar-refractivity contribution is 5.91. The molecule has 0 N–H and O–H groups in total. The Kier molecular flexibility index (Phi) is 5.29. The third-order valence-corrected chi connectivity index (χ3v) is 3.67. The van der Waals surface area contributed by atoms with E-state index in [0.717, 1.165) is 5.69 Å². The molecule has 0 heterocycles. The van der Waals surface area contributed by atoms with Crippen molar-refractivity contribution in [3.05, 3.63) is 90.5 Å². The quantitative estimate of drug-likeness (QED) is 0.513. The molecule has 0 aliphatic heterocycles. The lowest BCUT2D eigenvalue weighted by Crippen LogP contribution is -2.29. The lowest BCUT2D eigenvalue weighted by molar-refractivity contribution is 0.0734. The van der Waals surface area contributed by atoms with E-state index in [1.54, 1.807) is 55.6 Å². The second-order valence-corrected chi connectivity index (χ2v) is 5.49. The Morgan fingerprint density at radius 1 is 0.692 bits per heavy atom. The maximum Gasteiger partial charge on any atom is 0.419 e. The summed E-state index contributed by atoms with van der Waals surface area (Å²) in [6.07, 6.45) is -0.509. The van der Waals surface area contributed by atoms with Crippen LogP contribution in [0.4, 0.5) is 10.5 Å². The third kappa shape index (κ3) is 4.27. The molecule has 0 saturated carbocycles. The number of ether oxygens (including phenoxy) is 2. The van der Waals surface area contributed by atoms with Gasteiger partial charge in [0.15, 0.2) is 0 Å². The number of hydrogen-bond donors (Lipinski definition) is 0. The third-order valence-electron chi connectivity index (χ3n) is 3.67. The van der Waals surface area contributed by atoms with Gasteiger partial charge in [-0.15, -0.1) is 0 Å². The van der Waals surface area contributed by atoms with E-state index >= 15 is 0 Å². The zero-order valence-corrected chi connectivity index (χ0v) is 14.2. The number of nitrogens with zero attached hydrogens (tertiary/aromatic N) is 1. The van der Waals surface area contributed by atoms with E-state index in [0.29, 0.717) is 17.1 Å². The molecule has 130 valence electrons. The number of benzene rings is 3. The molecular weight excluding hydrogens is 330 g/mol. The molecule has 1 amide bonds. The van der Waals surface area contributed by atoms with Gasteiger partial charge in [0.1, 0.15) is 11.5 Å². The summed E-state index contributed by atoms with van der Waals surface area (Å²) in [5.41, 5.74) is 1.19. The van der Waals surface area contributed by atoms with E-state index in [9.17, 15) is 9.59 Å². The van der Waals surface area contributed by atoms with Crippen molar-refractivity contribution in [3.8, 4) is 11.5 Å². The average molecular weight is 347 g/mol. The van der Waals surface area contributed by atoms with E-state index in [4.69, 9.17) is 9.47 Å². The van der Waals surface area contributed by atoms with Crippen molar-refractivity contribution in [2.75, 3.05) is 11.9 Å². The van der Waals surface area contributed by atoms with Crippen LogP contribution in [-0.4, -0.2) is 19.1 Å². The fourth-order valence-corrected chi connectivity index (χ4v) is 2.24. The van der Waals surface area contributed by atoms with Crippen molar-refractivity contribution >= 4 is 17.7 Å². The molecule has 3 aromatic rings. The highest BCUT2D eigenvalue weighted by Crippen LogP contribution is 2.20. The number of hydrogen-bond acceptors (Lipinski definition) is 4. The topological polar surface area (TPSA) is 55.8 Å². The van der Waals surface area contributed by atoms with Crippen LogP contribution in [0.25, 0.3) is 0 Å². The van der Waals surface area contributed by atoms with Crippen LogP contribution < -0.4 is 14.4 Å². The second kappa shape index (κ2) is 7.98. The van der Waals surface area contributed by atoms with Gasteiger partial charge in [0, 0.05) is 12.7 Å². The van der Waals surface area contributed by atoms with Crippen LogP contribution in [0.15, 0.2) is 84.9 Å². The molecule has 0 aliphatic rings. The minimum Gasteiger partial charge on any atom is -0.423 e. The number of carbonyl (C=O) groups excluding carboxylic acids is 2. The maximum absolute atomic E-state index is 12.2. The first-order valence-corrected chi connectivity index (χ1v) is 8.01. The maximum atomic E-state index is 12.2. The Labute approximate surface area is 151 Å². The molecule has 0 aliphatic carbocycles. The summed E-state index contributed by atoms with van der Waals surface area (Å²) in [5, 5.41) is 0. The Morgan fingerprint density at radius 2 is 1.19 bits per heavy atom. The number of carbonyl (C=O) groups is 2. The summed E-state index contributed by atoms with van der Waals surface area (Å²) in [4.78, 5) is 25.6. The van der Waals surface area contributed by atoms with Gasteiger partial charge < -0.3 is 9.47 Å². The number of anilines is 1. The predicted octanol–water partition coefficient (Wildman–Crippen LogP) is 4.54. The van der Waals surface area contributed by atoms with Crippen molar-refractivity contribution in [1.82, 2.24) is 0 Å². The number of rotatable bonds is 4. The van der Waals surface area contributed by atoms with Gasteiger partial charge in [-0.25, -0.2) is 9.59 Å². The van der Waals surface area contributed by atoms with Crippen LogP contribution in [0.2, 0.25) is 0 Å². The molecule has 3 rings (SSSR count). The van der Waals surface area contributed by atoms with Gasteiger partial charge in [-0.2, -0.15) is 0 Å². The number of amides is 1. The van der Waals surface area contributed by atoms with Crippen molar-refractivity contribution in [2.24, 2.45) is 0 Å². The number of para-hydroxylation sites is 1. The molecule has 0 unspecified atom stereocenters. The lowest BCUT2D eigenvalue weighted by atomic mass is 10.2. The summed E-state index contributed by atoms with van der Waals surface area (Å²) < 4.78 is 10.6. The van der Waals surface area contributed by atoms with Gasteiger partial charge in [0.25, 0.3) is 0 Å². The van der Waals surface area contributed by atoms with Crippen LogP contribution in [0.3, 0.4) is 0 Å². The van der Waals surface area contributed by atoms with E-state index in [2.05, 4.69) is 0 Å². The van der Waals surface area contributed by atoms with Gasteiger partial charge >= 0.3 is 12.1 Å². The van der Waals surface area contributed by atoms with Crippen molar-refractivity contribution < 1.29 is 19.1 Å². The van der Waals surface area contributed by atoms with Crippen LogP contribution in [0, 0.1) is 0 Å². The van der Waals surface area contributed by atoms with Gasteiger partial charge in [0.2, 0.25) is 0 Å². The van der Waals surface area contributed by atoms with Crippen LogP contribution in [-0.2, 0) is 0 Å². The fraction of sp³-hybridized carbons (Fsp3) is 0.0476. The predicted molar refractivity (Wildman–Crippen MR) is 98.7 cm³/mol. The smallest absolute Gasteiger partial charge is 0.419 e. The van der Waals surface area contributed by atoms with Crippen LogP contribution in [0.1, 0.15) is 10.4 Å². The van der Waals surface area contributed by atoms with Crippen molar-refractivity contribution in [1.29, 1.82) is 0 Å². The molecule has 0 radical (unpaired) electrons. The SMILES string of the molecule is CN(C(=O)Oc1ccc(OC(=O)c2ccccc2)cc1)c1ccccc1. The second-order valence-electron chi connectivity index (χ2n) is 5.49. The Morgan fingerprint density at radius 3 is 1.77 bits per heavy atom. The molecule has 26 heavy (non-hydrogen) atoms. The summed E-state index contributed by atoms with van der Waals surface area (Å²) in [6, 6.07) is 24.2. The Bertz CT molecular complexity index is 877. The van der Waals surface area contributed by atoms with E-state index in [1.165, 1.54) is 4.90 Å². The molecule has 0 fully saturated rings.